The third-order valence-corrected chi connectivity index (χ3v) is 5.28. The van der Waals surface area contributed by atoms with Gasteiger partial charge in [0.05, 0.1) is 24.7 Å². The minimum Gasteiger partial charge on any atom is -0.393 e. The third kappa shape index (κ3) is 8.18. The normalized spacial score (nSPS) is 23.2. The third-order valence-electron chi connectivity index (χ3n) is 5.28. The summed E-state index contributed by atoms with van der Waals surface area (Å²) < 4.78 is 9.12. The molecule has 2 heterocycles. The summed E-state index contributed by atoms with van der Waals surface area (Å²) in [6, 6.07) is 0. The second-order valence-electron chi connectivity index (χ2n) is 7.66. The predicted octanol–water partition coefficient (Wildman–Crippen LogP) is 4.20. The molecule has 2 aliphatic heterocycles. The first-order valence-corrected chi connectivity index (χ1v) is 10.4. The fourth-order valence-corrected chi connectivity index (χ4v) is 3.57. The Balaban J connectivity index is 1.48. The molecule has 158 valence electrons. The van der Waals surface area contributed by atoms with Crippen LogP contribution in [-0.2, 0) is 28.7 Å². The van der Waals surface area contributed by atoms with Crippen molar-refractivity contribution >= 4 is 23.9 Å². The summed E-state index contributed by atoms with van der Waals surface area (Å²) in [6.45, 7) is 3.84. The van der Waals surface area contributed by atoms with Crippen LogP contribution in [0.5, 0.6) is 0 Å². The molecular formula is C23H30O6. The molecule has 6 nitrogen and oxygen atoms in total. The maximum atomic E-state index is 11.5. The maximum Gasteiger partial charge on any atom is 0.317 e. The summed E-state index contributed by atoms with van der Waals surface area (Å²) in [5, 5.41) is 0. The lowest BCUT2D eigenvalue weighted by molar-refractivity contribution is -0.154. The molecule has 29 heavy (non-hydrogen) atoms. The lowest BCUT2D eigenvalue weighted by atomic mass is 9.89. The van der Waals surface area contributed by atoms with Gasteiger partial charge in [-0.05, 0) is 57.3 Å². The van der Waals surface area contributed by atoms with Gasteiger partial charge in [0.25, 0.3) is 0 Å². The van der Waals surface area contributed by atoms with E-state index in [-0.39, 0.29) is 30.6 Å². The smallest absolute Gasteiger partial charge is 0.317 e. The molecule has 0 aromatic carbocycles. The zero-order valence-electron chi connectivity index (χ0n) is 16.8. The largest absolute Gasteiger partial charge is 0.393 e. The van der Waals surface area contributed by atoms with Crippen LogP contribution < -0.4 is 0 Å². The van der Waals surface area contributed by atoms with Gasteiger partial charge in [0, 0.05) is 0 Å². The van der Waals surface area contributed by atoms with Crippen molar-refractivity contribution in [2.24, 2.45) is 17.8 Å². The van der Waals surface area contributed by atoms with Gasteiger partial charge in [-0.1, -0.05) is 30.4 Å². The van der Waals surface area contributed by atoms with Crippen molar-refractivity contribution in [3.8, 4) is 0 Å². The molecule has 2 saturated heterocycles. The Morgan fingerprint density at radius 2 is 1.38 bits per heavy atom. The van der Waals surface area contributed by atoms with E-state index >= 15 is 0 Å². The first kappa shape index (κ1) is 22.8. The molecule has 0 radical (unpaired) electrons. The van der Waals surface area contributed by atoms with Gasteiger partial charge in [-0.15, -0.1) is 6.58 Å². The van der Waals surface area contributed by atoms with Crippen LogP contribution in [0.2, 0.25) is 0 Å². The fraction of sp³-hybridized carbons (Fsp3) is 0.565. The van der Waals surface area contributed by atoms with Crippen LogP contribution in [0.15, 0.2) is 37.0 Å². The molecule has 2 fully saturated rings. The highest BCUT2D eigenvalue weighted by atomic mass is 16.6. The van der Waals surface area contributed by atoms with Gasteiger partial charge in [0.15, 0.2) is 0 Å². The van der Waals surface area contributed by atoms with Gasteiger partial charge >= 0.3 is 23.9 Å². The van der Waals surface area contributed by atoms with Crippen LogP contribution >= 0.6 is 0 Å². The molecule has 0 N–H and O–H groups in total. The van der Waals surface area contributed by atoms with E-state index in [1.165, 1.54) is 0 Å². The highest BCUT2D eigenvalue weighted by Gasteiger charge is 2.34. The number of hydrogen-bond acceptors (Lipinski definition) is 6. The molecule has 3 unspecified atom stereocenters. The Hall–Kier alpha value is -2.50. The SMILES string of the molecule is C=CC(CCC/C=C\CCC/C=C/CC1CC(=O)OC1=O)CC1CC(=O)OC1=O. The van der Waals surface area contributed by atoms with Crippen molar-refractivity contribution in [3.05, 3.63) is 37.0 Å². The zero-order chi connectivity index (χ0) is 21.1. The first-order valence-electron chi connectivity index (χ1n) is 10.4. The van der Waals surface area contributed by atoms with Crippen molar-refractivity contribution in [1.82, 2.24) is 0 Å². The van der Waals surface area contributed by atoms with Crippen LogP contribution in [0.4, 0.5) is 0 Å². The predicted molar refractivity (Wildman–Crippen MR) is 107 cm³/mol. The number of esters is 4. The molecule has 6 heteroatoms. The second kappa shape index (κ2) is 12.1. The van der Waals surface area contributed by atoms with E-state index in [2.05, 4.69) is 34.3 Å². The molecule has 0 spiro atoms. The Labute approximate surface area is 172 Å². The molecular weight excluding hydrogens is 372 g/mol. The van der Waals surface area contributed by atoms with E-state index in [4.69, 9.17) is 0 Å². The van der Waals surface area contributed by atoms with E-state index in [0.717, 1.165) is 38.5 Å². The van der Waals surface area contributed by atoms with Gasteiger partial charge in [-0.2, -0.15) is 0 Å². The number of rotatable bonds is 13. The number of allylic oxidation sites excluding steroid dienone is 5. The Kier molecular flexibility index (Phi) is 9.54. The van der Waals surface area contributed by atoms with Gasteiger partial charge in [-0.25, -0.2) is 0 Å². The summed E-state index contributed by atoms with van der Waals surface area (Å²) in [5.74, 6) is -2.03. The molecule has 0 saturated carbocycles. The topological polar surface area (TPSA) is 86.7 Å². The molecule has 3 atom stereocenters. The van der Waals surface area contributed by atoms with Crippen LogP contribution in [0.1, 0.15) is 64.2 Å². The monoisotopic (exact) mass is 402 g/mol. The van der Waals surface area contributed by atoms with E-state index in [9.17, 15) is 19.2 Å². The van der Waals surface area contributed by atoms with E-state index < -0.39 is 23.9 Å². The summed E-state index contributed by atoms with van der Waals surface area (Å²) in [4.78, 5) is 45.0. The minimum atomic E-state index is -0.422. The molecule has 2 aliphatic rings. The molecule has 2 rings (SSSR count). The summed E-state index contributed by atoms with van der Waals surface area (Å²) in [5.41, 5.74) is 0. The van der Waals surface area contributed by atoms with Gasteiger partial charge in [0.1, 0.15) is 0 Å². The molecule has 0 aliphatic carbocycles. The van der Waals surface area contributed by atoms with Crippen LogP contribution in [0.3, 0.4) is 0 Å². The van der Waals surface area contributed by atoms with Crippen molar-refractivity contribution in [2.45, 2.75) is 64.2 Å². The zero-order valence-corrected chi connectivity index (χ0v) is 16.8. The average molecular weight is 402 g/mol. The number of carbonyl (C=O) groups excluding carboxylic acids is 4. The quantitative estimate of drug-likeness (QED) is 0.199. The Bertz CT molecular complexity index is 675. The molecule has 0 amide bonds. The van der Waals surface area contributed by atoms with Gasteiger partial charge < -0.3 is 9.47 Å². The lowest BCUT2D eigenvalue weighted by Crippen LogP contribution is -2.12. The fourth-order valence-electron chi connectivity index (χ4n) is 3.57. The molecule has 0 aromatic heterocycles. The number of carbonyl (C=O) groups is 4. The molecule has 0 bridgehead atoms. The Morgan fingerprint density at radius 3 is 1.93 bits per heavy atom. The van der Waals surface area contributed by atoms with Crippen molar-refractivity contribution in [3.63, 3.8) is 0 Å². The van der Waals surface area contributed by atoms with E-state index in [1.54, 1.807) is 0 Å². The minimum absolute atomic E-state index is 0.195. The highest BCUT2D eigenvalue weighted by molar-refractivity contribution is 5.95. The van der Waals surface area contributed by atoms with Crippen molar-refractivity contribution < 1.29 is 28.7 Å². The number of cyclic esters (lactones) is 4. The standard InChI is InChI=1S/C23H30O6/c1-2-17(14-19-16-21(25)29-23(19)27)12-10-8-6-4-3-5-7-9-11-13-18-15-20(24)28-22(18)26/h2,4,6,9,11,17-19H,1,3,5,7-8,10,12-16H2/b6-4-,11-9+. The molecule has 0 aromatic rings. The van der Waals surface area contributed by atoms with Crippen LogP contribution in [0.25, 0.3) is 0 Å². The lowest BCUT2D eigenvalue weighted by Gasteiger charge is -2.13. The Morgan fingerprint density at radius 1 is 0.828 bits per heavy atom. The number of unbranched alkanes of at least 4 members (excludes halogenated alkanes) is 3. The van der Waals surface area contributed by atoms with E-state index in [0.29, 0.717) is 12.8 Å². The maximum absolute atomic E-state index is 11.5. The van der Waals surface area contributed by atoms with Crippen molar-refractivity contribution in [2.75, 3.05) is 0 Å². The summed E-state index contributed by atoms with van der Waals surface area (Å²) in [7, 11) is 0. The van der Waals surface area contributed by atoms with E-state index in [1.807, 2.05) is 12.2 Å². The number of hydrogen-bond donors (Lipinski definition) is 0. The summed E-state index contributed by atoms with van der Waals surface area (Å²) in [6.07, 6.45) is 17.7. The van der Waals surface area contributed by atoms with Crippen LogP contribution in [-0.4, -0.2) is 23.9 Å². The summed E-state index contributed by atoms with van der Waals surface area (Å²) >= 11 is 0. The second-order valence-corrected chi connectivity index (χ2v) is 7.66. The van der Waals surface area contributed by atoms with Crippen molar-refractivity contribution in [1.29, 1.82) is 0 Å². The number of ether oxygens (including phenoxy) is 2. The average Bonchev–Trinajstić information content (AvgIpc) is 3.17. The van der Waals surface area contributed by atoms with Gasteiger partial charge in [0.2, 0.25) is 0 Å². The van der Waals surface area contributed by atoms with Gasteiger partial charge in [-0.3, -0.25) is 19.2 Å². The first-order chi connectivity index (χ1) is 14.0. The van der Waals surface area contributed by atoms with Crippen LogP contribution in [0, 0.1) is 17.8 Å². The highest BCUT2D eigenvalue weighted by Crippen LogP contribution is 2.27.